The standard InChI is InChI=1S/C16H19NO5/c1-4-21-14(18)16(17-15(19)20-3)13(11(2)10-22-16)12-8-6-5-7-9-12/h5-9,13H,2,4,10H2,1,3H3,(H,17,19)/t13-,16+/m0/s1. The summed E-state index contributed by atoms with van der Waals surface area (Å²) < 4.78 is 15.3. The number of hydrogen-bond donors (Lipinski definition) is 1. The van der Waals surface area contributed by atoms with E-state index in [2.05, 4.69) is 16.6 Å². The Balaban J connectivity index is 2.47. The molecular formula is C16H19NO5. The van der Waals surface area contributed by atoms with Crippen LogP contribution in [-0.4, -0.2) is 38.1 Å². The molecule has 0 aliphatic carbocycles. The monoisotopic (exact) mass is 305 g/mol. The highest BCUT2D eigenvalue weighted by atomic mass is 16.6. The molecule has 6 heteroatoms. The van der Waals surface area contributed by atoms with E-state index in [1.807, 2.05) is 30.3 Å². The molecule has 0 bridgehead atoms. The first kappa shape index (κ1) is 16.0. The van der Waals surface area contributed by atoms with Crippen molar-refractivity contribution in [2.75, 3.05) is 20.3 Å². The average molecular weight is 305 g/mol. The van der Waals surface area contributed by atoms with Gasteiger partial charge in [0.25, 0.3) is 5.72 Å². The highest BCUT2D eigenvalue weighted by Crippen LogP contribution is 2.42. The SMILES string of the molecule is C=C1CO[C@@](NC(=O)OC)(C(=O)OCC)[C@@H]1c1ccccc1. The quantitative estimate of drug-likeness (QED) is 0.680. The first-order valence-corrected chi connectivity index (χ1v) is 6.95. The molecule has 0 spiro atoms. The number of amides is 1. The minimum atomic E-state index is -1.67. The molecule has 1 aromatic rings. The van der Waals surface area contributed by atoms with Gasteiger partial charge in [0.05, 0.1) is 26.2 Å². The van der Waals surface area contributed by atoms with Crippen LogP contribution in [0.1, 0.15) is 18.4 Å². The highest BCUT2D eigenvalue weighted by Gasteiger charge is 2.56. The number of esters is 1. The Morgan fingerprint density at radius 3 is 2.68 bits per heavy atom. The Kier molecular flexibility index (Phi) is 4.82. The van der Waals surface area contributed by atoms with Crippen molar-refractivity contribution < 1.29 is 23.8 Å². The lowest BCUT2D eigenvalue weighted by atomic mass is 9.85. The molecule has 1 saturated heterocycles. The molecule has 1 aromatic carbocycles. The van der Waals surface area contributed by atoms with Crippen molar-refractivity contribution in [2.24, 2.45) is 0 Å². The maximum absolute atomic E-state index is 12.5. The number of rotatable bonds is 4. The van der Waals surface area contributed by atoms with E-state index in [9.17, 15) is 9.59 Å². The molecule has 1 aliphatic heterocycles. The van der Waals surface area contributed by atoms with Gasteiger partial charge in [-0.1, -0.05) is 36.9 Å². The van der Waals surface area contributed by atoms with Gasteiger partial charge in [-0.25, -0.2) is 9.59 Å². The number of methoxy groups -OCH3 is 1. The molecule has 118 valence electrons. The molecule has 1 aliphatic rings. The first-order valence-electron chi connectivity index (χ1n) is 6.95. The van der Waals surface area contributed by atoms with Crippen molar-refractivity contribution in [1.82, 2.24) is 5.32 Å². The molecule has 1 heterocycles. The maximum Gasteiger partial charge on any atom is 0.409 e. The molecule has 0 saturated carbocycles. The fourth-order valence-electron chi connectivity index (χ4n) is 2.55. The van der Waals surface area contributed by atoms with E-state index in [0.717, 1.165) is 5.56 Å². The Hall–Kier alpha value is -2.34. The van der Waals surface area contributed by atoms with E-state index in [4.69, 9.17) is 9.47 Å². The molecule has 22 heavy (non-hydrogen) atoms. The summed E-state index contributed by atoms with van der Waals surface area (Å²) in [5.41, 5.74) is -0.188. The zero-order valence-corrected chi connectivity index (χ0v) is 12.6. The van der Waals surface area contributed by atoms with Gasteiger partial charge in [-0.05, 0) is 18.1 Å². The van der Waals surface area contributed by atoms with E-state index in [-0.39, 0.29) is 13.2 Å². The summed E-state index contributed by atoms with van der Waals surface area (Å²) in [5.74, 6) is -1.22. The van der Waals surface area contributed by atoms with Crippen LogP contribution < -0.4 is 5.32 Å². The zero-order chi connectivity index (χ0) is 16.2. The summed E-state index contributed by atoms with van der Waals surface area (Å²) in [6.45, 7) is 5.95. The maximum atomic E-state index is 12.5. The third kappa shape index (κ3) is 2.82. The van der Waals surface area contributed by atoms with Gasteiger partial charge in [-0.15, -0.1) is 0 Å². The van der Waals surface area contributed by atoms with Crippen LogP contribution in [0.3, 0.4) is 0 Å². The minimum absolute atomic E-state index is 0.141. The molecule has 6 nitrogen and oxygen atoms in total. The third-order valence-electron chi connectivity index (χ3n) is 3.48. The number of hydrogen-bond acceptors (Lipinski definition) is 5. The van der Waals surface area contributed by atoms with Crippen molar-refractivity contribution >= 4 is 12.1 Å². The molecule has 0 unspecified atom stereocenters. The number of carbonyl (C=O) groups excluding carboxylic acids is 2. The lowest BCUT2D eigenvalue weighted by molar-refractivity contribution is -0.171. The van der Waals surface area contributed by atoms with Gasteiger partial charge in [0.2, 0.25) is 0 Å². The summed E-state index contributed by atoms with van der Waals surface area (Å²) >= 11 is 0. The predicted molar refractivity (Wildman–Crippen MR) is 79.2 cm³/mol. The van der Waals surface area contributed by atoms with Crippen molar-refractivity contribution in [3.05, 3.63) is 48.0 Å². The molecule has 1 fully saturated rings. The van der Waals surface area contributed by atoms with E-state index >= 15 is 0 Å². The Labute approximate surface area is 129 Å². The lowest BCUT2D eigenvalue weighted by Crippen LogP contribution is -2.58. The van der Waals surface area contributed by atoms with Gasteiger partial charge < -0.3 is 14.2 Å². The molecule has 0 radical (unpaired) electrons. The number of benzene rings is 1. The van der Waals surface area contributed by atoms with Gasteiger partial charge in [-0.2, -0.15) is 0 Å². The van der Waals surface area contributed by atoms with Crippen LogP contribution in [0.5, 0.6) is 0 Å². The topological polar surface area (TPSA) is 73.9 Å². The van der Waals surface area contributed by atoms with E-state index in [0.29, 0.717) is 5.57 Å². The number of alkyl carbamates (subject to hydrolysis) is 1. The third-order valence-corrected chi connectivity index (χ3v) is 3.48. The Morgan fingerprint density at radius 1 is 1.41 bits per heavy atom. The smallest absolute Gasteiger partial charge is 0.409 e. The molecular weight excluding hydrogens is 286 g/mol. The summed E-state index contributed by atoms with van der Waals surface area (Å²) in [6.07, 6.45) is -0.774. The average Bonchev–Trinajstić information content (AvgIpc) is 2.86. The Bertz CT molecular complexity index is 571. The summed E-state index contributed by atoms with van der Waals surface area (Å²) in [5, 5.41) is 2.49. The molecule has 2 rings (SSSR count). The summed E-state index contributed by atoms with van der Waals surface area (Å²) in [6, 6.07) is 9.24. The zero-order valence-electron chi connectivity index (χ0n) is 12.6. The lowest BCUT2D eigenvalue weighted by Gasteiger charge is -2.32. The van der Waals surface area contributed by atoms with Crippen LogP contribution in [0, 0.1) is 0 Å². The van der Waals surface area contributed by atoms with Gasteiger partial charge in [0.1, 0.15) is 0 Å². The second-order valence-electron chi connectivity index (χ2n) is 4.86. The van der Waals surface area contributed by atoms with Gasteiger partial charge in [-0.3, -0.25) is 5.32 Å². The summed E-state index contributed by atoms with van der Waals surface area (Å²) in [4.78, 5) is 24.2. The van der Waals surface area contributed by atoms with Crippen LogP contribution in [0.2, 0.25) is 0 Å². The van der Waals surface area contributed by atoms with Crippen LogP contribution in [0.15, 0.2) is 42.5 Å². The largest absolute Gasteiger partial charge is 0.462 e. The van der Waals surface area contributed by atoms with Crippen molar-refractivity contribution in [3.8, 4) is 0 Å². The highest BCUT2D eigenvalue weighted by molar-refractivity contribution is 5.87. The molecule has 0 aromatic heterocycles. The van der Waals surface area contributed by atoms with Gasteiger partial charge >= 0.3 is 12.1 Å². The van der Waals surface area contributed by atoms with Crippen LogP contribution >= 0.6 is 0 Å². The van der Waals surface area contributed by atoms with E-state index in [1.165, 1.54) is 7.11 Å². The minimum Gasteiger partial charge on any atom is -0.462 e. The second-order valence-corrected chi connectivity index (χ2v) is 4.86. The fourth-order valence-corrected chi connectivity index (χ4v) is 2.55. The molecule has 2 atom stereocenters. The fraction of sp³-hybridized carbons (Fsp3) is 0.375. The number of carbonyl (C=O) groups is 2. The van der Waals surface area contributed by atoms with Crippen LogP contribution in [0.25, 0.3) is 0 Å². The van der Waals surface area contributed by atoms with Crippen LogP contribution in [0.4, 0.5) is 4.79 Å². The van der Waals surface area contributed by atoms with Crippen LogP contribution in [-0.2, 0) is 19.0 Å². The van der Waals surface area contributed by atoms with E-state index in [1.54, 1.807) is 6.92 Å². The summed E-state index contributed by atoms with van der Waals surface area (Å²) in [7, 11) is 1.22. The van der Waals surface area contributed by atoms with E-state index < -0.39 is 23.7 Å². The predicted octanol–water partition coefficient (Wildman–Crippen LogP) is 1.97. The molecule has 1 N–H and O–H groups in total. The normalized spacial score (nSPS) is 23.9. The van der Waals surface area contributed by atoms with Gasteiger partial charge in [0.15, 0.2) is 0 Å². The van der Waals surface area contributed by atoms with Crippen molar-refractivity contribution in [2.45, 2.75) is 18.6 Å². The van der Waals surface area contributed by atoms with Crippen molar-refractivity contribution in [3.63, 3.8) is 0 Å². The molecule has 1 amide bonds. The number of ether oxygens (including phenoxy) is 3. The first-order chi connectivity index (χ1) is 10.5. The second kappa shape index (κ2) is 6.62. The van der Waals surface area contributed by atoms with Crippen molar-refractivity contribution in [1.29, 1.82) is 0 Å². The van der Waals surface area contributed by atoms with Gasteiger partial charge in [0, 0.05) is 0 Å². The number of nitrogens with one attached hydrogen (secondary N) is 1. The Morgan fingerprint density at radius 2 is 2.09 bits per heavy atom.